The molecule has 9 nitrogen and oxygen atoms in total. The Balaban J connectivity index is 1.32. The van der Waals surface area contributed by atoms with E-state index in [2.05, 4.69) is 10.3 Å². The van der Waals surface area contributed by atoms with Gasteiger partial charge in [0.05, 0.1) is 23.9 Å². The minimum Gasteiger partial charge on any atom is -0.506 e. The number of nitrogen functional groups attached to an aromatic ring is 1. The van der Waals surface area contributed by atoms with Gasteiger partial charge in [0.1, 0.15) is 5.75 Å². The SMILES string of the molecule is COC(=O)c1c(C)[nH]c2c(O)cc3c(c12)C(CCl)CN3C(=O)C1=Cc2cc(NC(=O)c3ccc(N)cc3)ccc2C1. The first-order valence-corrected chi connectivity index (χ1v) is 13.6. The molecule has 2 amide bonds. The number of carbonyl (C=O) groups excluding carboxylic acids is 3. The fourth-order valence-electron chi connectivity index (χ4n) is 5.78. The predicted octanol–water partition coefficient (Wildman–Crippen LogP) is 5.11. The highest BCUT2D eigenvalue weighted by Gasteiger charge is 2.38. The number of benzene rings is 3. The summed E-state index contributed by atoms with van der Waals surface area (Å²) in [6.07, 6.45) is 2.24. The van der Waals surface area contributed by atoms with Crippen molar-refractivity contribution in [1.82, 2.24) is 4.98 Å². The number of carbonyl (C=O) groups is 3. The number of aromatic nitrogens is 1. The molecule has 0 fully saturated rings. The van der Waals surface area contributed by atoms with E-state index in [-0.39, 0.29) is 29.4 Å². The third-order valence-corrected chi connectivity index (χ3v) is 8.12. The first-order valence-electron chi connectivity index (χ1n) is 13.0. The average Bonchev–Trinajstić information content (AvgIpc) is 3.65. The molecule has 41 heavy (non-hydrogen) atoms. The maximum atomic E-state index is 13.9. The van der Waals surface area contributed by atoms with Crippen LogP contribution in [-0.2, 0) is 16.0 Å². The van der Waals surface area contributed by atoms with Gasteiger partial charge >= 0.3 is 5.97 Å². The van der Waals surface area contributed by atoms with Gasteiger partial charge in [-0.15, -0.1) is 11.6 Å². The number of hydrogen-bond donors (Lipinski definition) is 4. The second-order valence-electron chi connectivity index (χ2n) is 10.3. The second kappa shape index (κ2) is 10.0. The molecule has 3 aromatic carbocycles. The van der Waals surface area contributed by atoms with E-state index in [0.29, 0.717) is 63.3 Å². The number of fused-ring (bicyclic) bond motifs is 4. The molecule has 10 heteroatoms. The van der Waals surface area contributed by atoms with E-state index in [1.54, 1.807) is 48.2 Å². The molecule has 2 heterocycles. The number of phenols is 1. The van der Waals surface area contributed by atoms with Crippen molar-refractivity contribution in [1.29, 1.82) is 0 Å². The molecule has 208 valence electrons. The number of aryl methyl sites for hydroxylation is 1. The number of nitrogens with one attached hydrogen (secondary N) is 2. The Morgan fingerprint density at radius 2 is 1.93 bits per heavy atom. The Morgan fingerprint density at radius 3 is 2.63 bits per heavy atom. The fraction of sp³-hybridized carbons (Fsp3) is 0.194. The minimum atomic E-state index is -0.534. The molecule has 5 N–H and O–H groups in total. The number of hydrogen-bond acceptors (Lipinski definition) is 6. The molecule has 2 aliphatic rings. The number of aromatic amines is 1. The lowest BCUT2D eigenvalue weighted by atomic mass is 9.95. The molecule has 0 saturated heterocycles. The zero-order chi connectivity index (χ0) is 29.0. The molecule has 0 radical (unpaired) electrons. The highest BCUT2D eigenvalue weighted by atomic mass is 35.5. The largest absolute Gasteiger partial charge is 0.506 e. The minimum absolute atomic E-state index is 0.0739. The smallest absolute Gasteiger partial charge is 0.340 e. The third-order valence-electron chi connectivity index (χ3n) is 7.75. The standard InChI is InChI=1S/C31H27ClN4O5/c1-15-25(31(40)41-2)27-26-20(13-32)14-36(23(26)12-24(37)28(27)34-15)30(39)19-9-17-5-8-22(11-18(17)10-19)35-29(38)16-3-6-21(33)7-4-16/h3-8,10-12,20,34,37H,9,13-14,33H2,1-2H3,(H,35,38). The number of esters is 1. The summed E-state index contributed by atoms with van der Waals surface area (Å²) in [5, 5.41) is 14.3. The molecule has 0 saturated carbocycles. The fourth-order valence-corrected chi connectivity index (χ4v) is 6.03. The van der Waals surface area contributed by atoms with Gasteiger partial charge in [0.25, 0.3) is 11.8 Å². The van der Waals surface area contributed by atoms with Crippen LogP contribution in [0, 0.1) is 6.92 Å². The summed E-state index contributed by atoms with van der Waals surface area (Å²) < 4.78 is 5.01. The Bertz CT molecular complexity index is 1790. The zero-order valence-electron chi connectivity index (χ0n) is 22.4. The van der Waals surface area contributed by atoms with Crippen molar-refractivity contribution in [3.63, 3.8) is 0 Å². The van der Waals surface area contributed by atoms with Gasteiger partial charge in [-0.3, -0.25) is 9.59 Å². The van der Waals surface area contributed by atoms with Crippen LogP contribution in [0.1, 0.15) is 49.0 Å². The molecule has 1 atom stereocenters. The van der Waals surface area contributed by atoms with Gasteiger partial charge in [-0.05, 0) is 66.1 Å². The monoisotopic (exact) mass is 570 g/mol. The average molecular weight is 571 g/mol. The number of amides is 2. The van der Waals surface area contributed by atoms with Gasteiger partial charge in [-0.25, -0.2) is 4.79 Å². The first kappa shape index (κ1) is 26.5. The van der Waals surface area contributed by atoms with Gasteiger partial charge in [-0.2, -0.15) is 0 Å². The van der Waals surface area contributed by atoms with Crippen molar-refractivity contribution in [2.45, 2.75) is 19.3 Å². The quantitative estimate of drug-likeness (QED) is 0.149. The molecule has 1 aromatic heterocycles. The number of nitrogens with zero attached hydrogens (tertiary/aromatic N) is 1. The van der Waals surface area contributed by atoms with E-state index < -0.39 is 5.97 Å². The van der Waals surface area contributed by atoms with E-state index >= 15 is 0 Å². The lowest BCUT2D eigenvalue weighted by Crippen LogP contribution is -2.31. The van der Waals surface area contributed by atoms with Gasteiger partial charge in [-0.1, -0.05) is 6.07 Å². The highest BCUT2D eigenvalue weighted by molar-refractivity contribution is 6.20. The predicted molar refractivity (Wildman–Crippen MR) is 159 cm³/mol. The number of halogens is 1. The van der Waals surface area contributed by atoms with E-state index in [9.17, 15) is 19.5 Å². The number of anilines is 3. The Hall–Kier alpha value is -4.76. The zero-order valence-corrected chi connectivity index (χ0v) is 23.1. The second-order valence-corrected chi connectivity index (χ2v) is 10.6. The highest BCUT2D eigenvalue weighted by Crippen LogP contribution is 2.47. The molecule has 0 spiro atoms. The van der Waals surface area contributed by atoms with Crippen LogP contribution in [0.15, 0.2) is 54.1 Å². The number of methoxy groups -OCH3 is 1. The molecular formula is C31H27ClN4O5. The van der Waals surface area contributed by atoms with Crippen molar-refractivity contribution in [2.75, 3.05) is 35.5 Å². The van der Waals surface area contributed by atoms with E-state index in [1.807, 2.05) is 18.2 Å². The molecule has 1 aliphatic carbocycles. The number of rotatable bonds is 5. The van der Waals surface area contributed by atoms with Crippen molar-refractivity contribution < 1.29 is 24.2 Å². The molecule has 1 unspecified atom stereocenters. The van der Waals surface area contributed by atoms with Crippen molar-refractivity contribution in [3.05, 3.63) is 87.6 Å². The van der Waals surface area contributed by atoms with Crippen LogP contribution in [0.4, 0.5) is 17.1 Å². The summed E-state index contributed by atoms with van der Waals surface area (Å²) in [6, 6.07) is 13.7. The summed E-state index contributed by atoms with van der Waals surface area (Å²) in [5.74, 6) is -1.12. The van der Waals surface area contributed by atoms with Crippen LogP contribution in [0.5, 0.6) is 5.75 Å². The topological polar surface area (TPSA) is 138 Å². The Labute approximate surface area is 240 Å². The number of alkyl halides is 1. The number of phenolic OH excluding ortho intramolecular Hbond substituents is 1. The van der Waals surface area contributed by atoms with Crippen molar-refractivity contribution in [2.24, 2.45) is 0 Å². The van der Waals surface area contributed by atoms with Crippen LogP contribution >= 0.6 is 11.6 Å². The van der Waals surface area contributed by atoms with E-state index in [0.717, 1.165) is 16.7 Å². The molecule has 1 aliphatic heterocycles. The lowest BCUT2D eigenvalue weighted by molar-refractivity contribution is -0.115. The van der Waals surface area contributed by atoms with Crippen molar-refractivity contribution in [3.8, 4) is 5.75 Å². The van der Waals surface area contributed by atoms with Crippen LogP contribution in [0.25, 0.3) is 17.0 Å². The lowest BCUT2D eigenvalue weighted by Gasteiger charge is -2.19. The third kappa shape index (κ3) is 4.38. The summed E-state index contributed by atoms with van der Waals surface area (Å²) >= 11 is 6.38. The summed E-state index contributed by atoms with van der Waals surface area (Å²) in [4.78, 5) is 43.9. The van der Waals surface area contributed by atoms with Crippen LogP contribution in [0.3, 0.4) is 0 Å². The van der Waals surface area contributed by atoms with Gasteiger partial charge in [0.15, 0.2) is 0 Å². The summed E-state index contributed by atoms with van der Waals surface area (Å²) in [5.41, 5.74) is 12.3. The maximum absolute atomic E-state index is 13.9. The Kier molecular flexibility index (Phi) is 6.46. The molecular weight excluding hydrogens is 544 g/mol. The molecule has 6 rings (SSSR count). The van der Waals surface area contributed by atoms with Gasteiger partial charge < -0.3 is 30.8 Å². The summed E-state index contributed by atoms with van der Waals surface area (Å²) in [6.45, 7) is 2.04. The van der Waals surface area contributed by atoms with E-state index in [4.69, 9.17) is 22.1 Å². The normalized spacial score (nSPS) is 15.4. The van der Waals surface area contributed by atoms with Crippen LogP contribution in [-0.4, -0.2) is 47.4 Å². The Morgan fingerprint density at radius 1 is 1.17 bits per heavy atom. The van der Waals surface area contributed by atoms with Crippen molar-refractivity contribution >= 4 is 63.4 Å². The molecule has 4 aromatic rings. The number of aromatic hydroxyl groups is 1. The molecule has 0 bridgehead atoms. The van der Waals surface area contributed by atoms with E-state index in [1.165, 1.54) is 7.11 Å². The first-order chi connectivity index (χ1) is 19.7. The van der Waals surface area contributed by atoms with Gasteiger partial charge in [0.2, 0.25) is 0 Å². The van der Waals surface area contributed by atoms with Crippen LogP contribution in [0.2, 0.25) is 0 Å². The van der Waals surface area contributed by atoms with Crippen LogP contribution < -0.4 is 16.0 Å². The van der Waals surface area contributed by atoms with Gasteiger partial charge in [0, 0.05) is 64.4 Å². The summed E-state index contributed by atoms with van der Waals surface area (Å²) in [7, 11) is 1.30. The maximum Gasteiger partial charge on any atom is 0.340 e. The number of ether oxygens (including phenoxy) is 1. The number of nitrogens with two attached hydrogens (primary N) is 1. The number of H-pyrrole nitrogens is 1.